The first kappa shape index (κ1) is 29.8. The molecule has 1 amide bonds. The number of anilines is 1. The van der Waals surface area contributed by atoms with Crippen molar-refractivity contribution < 1.29 is 33.4 Å². The summed E-state index contributed by atoms with van der Waals surface area (Å²) in [6.45, 7) is -0.324. The van der Waals surface area contributed by atoms with E-state index < -0.39 is 30.2 Å². The van der Waals surface area contributed by atoms with Gasteiger partial charge in [-0.1, -0.05) is 52.3 Å². The lowest BCUT2D eigenvalue weighted by Crippen LogP contribution is -2.27. The number of fused-ring (bicyclic) bond motifs is 1. The van der Waals surface area contributed by atoms with Crippen LogP contribution in [0.25, 0.3) is 10.8 Å². The zero-order chi connectivity index (χ0) is 31.3. The topological polar surface area (TPSA) is 99.2 Å². The maximum Gasteiger partial charge on any atom is 0.343 e. The van der Waals surface area contributed by atoms with Gasteiger partial charge in [0.2, 0.25) is 5.91 Å². The molecule has 1 saturated heterocycles. The Bertz CT molecular complexity index is 1880. The van der Waals surface area contributed by atoms with Crippen LogP contribution in [0.15, 0.2) is 120 Å². The summed E-state index contributed by atoms with van der Waals surface area (Å²) in [5, 5.41) is 2.07. The number of rotatable bonds is 9. The monoisotopic (exact) mass is 663 g/mol. The minimum atomic E-state index is -0.697. The molecule has 0 unspecified atom stereocenters. The molecular formula is C36H26BrNO7. The SMILES string of the molecule is O=C(COC(=O)[C@H]1CC(=O)N(c2ccc(Oc3cccc4ccccc34)cc2)C1)c1ccc(OC(=O)c2ccc(Br)cc2)cc1. The van der Waals surface area contributed by atoms with Gasteiger partial charge in [-0.05, 0) is 84.2 Å². The van der Waals surface area contributed by atoms with E-state index in [1.54, 1.807) is 48.5 Å². The van der Waals surface area contributed by atoms with E-state index in [9.17, 15) is 19.2 Å². The highest BCUT2D eigenvalue weighted by atomic mass is 79.9. The number of esters is 2. The Morgan fingerprint density at radius 1 is 0.756 bits per heavy atom. The first-order chi connectivity index (χ1) is 21.8. The number of ketones is 1. The Morgan fingerprint density at radius 3 is 2.18 bits per heavy atom. The largest absolute Gasteiger partial charge is 0.457 e. The molecule has 1 aliphatic rings. The standard InChI is InChI=1S/C36H26BrNO7/c37-27-12-8-25(9-13-27)36(42)45-30-16-10-24(11-17-30)32(39)22-43-35(41)26-20-34(40)38(21-26)28-14-18-29(19-15-28)44-33-7-3-5-23-4-1-2-6-31(23)33/h1-19,26H,20-22H2/t26-/m0/s1. The molecule has 9 heteroatoms. The number of Topliss-reactive ketones (excluding diaryl/α,β-unsaturated/α-hetero) is 1. The number of hydrogen-bond acceptors (Lipinski definition) is 7. The third-order valence-corrected chi connectivity index (χ3v) is 7.93. The zero-order valence-electron chi connectivity index (χ0n) is 23.9. The third-order valence-electron chi connectivity index (χ3n) is 7.40. The molecule has 5 aromatic carbocycles. The van der Waals surface area contributed by atoms with E-state index in [0.717, 1.165) is 21.0 Å². The van der Waals surface area contributed by atoms with E-state index in [4.69, 9.17) is 14.2 Å². The van der Waals surface area contributed by atoms with Crippen LogP contribution in [0.1, 0.15) is 27.1 Å². The van der Waals surface area contributed by atoms with Crippen LogP contribution >= 0.6 is 15.9 Å². The summed E-state index contributed by atoms with van der Waals surface area (Å²) in [4.78, 5) is 52.0. The second kappa shape index (κ2) is 13.2. The lowest BCUT2D eigenvalue weighted by molar-refractivity contribution is -0.147. The van der Waals surface area contributed by atoms with Crippen molar-refractivity contribution in [3.8, 4) is 17.2 Å². The summed E-state index contributed by atoms with van der Waals surface area (Å²) in [6, 6.07) is 33.6. The summed E-state index contributed by atoms with van der Waals surface area (Å²) in [5.41, 5.74) is 1.32. The van der Waals surface area contributed by atoms with Crippen molar-refractivity contribution in [2.24, 2.45) is 5.92 Å². The molecule has 1 aliphatic heterocycles. The number of hydrogen-bond donors (Lipinski definition) is 0. The molecule has 0 aromatic heterocycles. The smallest absolute Gasteiger partial charge is 0.343 e. The van der Waals surface area contributed by atoms with E-state index in [0.29, 0.717) is 22.6 Å². The number of halogens is 1. The predicted molar refractivity (Wildman–Crippen MR) is 172 cm³/mol. The fourth-order valence-corrected chi connectivity index (χ4v) is 5.28. The van der Waals surface area contributed by atoms with Gasteiger partial charge in [-0.15, -0.1) is 0 Å². The Morgan fingerprint density at radius 2 is 1.42 bits per heavy atom. The molecule has 5 aromatic rings. The molecule has 45 heavy (non-hydrogen) atoms. The van der Waals surface area contributed by atoms with Gasteiger partial charge in [-0.3, -0.25) is 14.4 Å². The average Bonchev–Trinajstić information content (AvgIpc) is 3.46. The van der Waals surface area contributed by atoms with Gasteiger partial charge in [-0.25, -0.2) is 4.79 Å². The zero-order valence-corrected chi connectivity index (χ0v) is 25.4. The van der Waals surface area contributed by atoms with E-state index in [2.05, 4.69) is 15.9 Å². The maximum absolute atomic E-state index is 12.8. The molecule has 1 atom stereocenters. The fourth-order valence-electron chi connectivity index (χ4n) is 5.02. The maximum atomic E-state index is 12.8. The molecule has 0 N–H and O–H groups in total. The normalized spacial score (nSPS) is 14.3. The van der Waals surface area contributed by atoms with Crippen LogP contribution in [-0.4, -0.2) is 36.8 Å². The van der Waals surface area contributed by atoms with Gasteiger partial charge in [0.05, 0.1) is 11.5 Å². The Hall–Kier alpha value is -5.28. The van der Waals surface area contributed by atoms with Gasteiger partial charge in [0.25, 0.3) is 0 Å². The molecule has 0 bridgehead atoms. The summed E-state index contributed by atoms with van der Waals surface area (Å²) in [6.07, 6.45) is -0.0142. The minimum Gasteiger partial charge on any atom is -0.457 e. The number of carbonyl (C=O) groups is 4. The van der Waals surface area contributed by atoms with Crippen LogP contribution in [0, 0.1) is 5.92 Å². The molecule has 1 heterocycles. The minimum absolute atomic E-state index is 0.0142. The van der Waals surface area contributed by atoms with Gasteiger partial charge < -0.3 is 19.1 Å². The van der Waals surface area contributed by atoms with Crippen molar-refractivity contribution >= 4 is 56.0 Å². The van der Waals surface area contributed by atoms with Gasteiger partial charge in [0.15, 0.2) is 12.4 Å². The van der Waals surface area contributed by atoms with E-state index in [1.807, 2.05) is 42.5 Å². The summed E-state index contributed by atoms with van der Waals surface area (Å²) in [7, 11) is 0. The second-order valence-corrected chi connectivity index (χ2v) is 11.3. The molecule has 224 valence electrons. The van der Waals surface area contributed by atoms with Crippen LogP contribution in [0.4, 0.5) is 5.69 Å². The van der Waals surface area contributed by atoms with Gasteiger partial charge >= 0.3 is 11.9 Å². The molecule has 1 fully saturated rings. The van der Waals surface area contributed by atoms with Crippen LogP contribution in [0.3, 0.4) is 0 Å². The highest BCUT2D eigenvalue weighted by Gasteiger charge is 2.36. The highest BCUT2D eigenvalue weighted by molar-refractivity contribution is 9.10. The van der Waals surface area contributed by atoms with Gasteiger partial charge in [0.1, 0.15) is 17.2 Å². The van der Waals surface area contributed by atoms with E-state index in [-0.39, 0.29) is 24.6 Å². The average molecular weight is 665 g/mol. The number of nitrogens with zero attached hydrogens (tertiary/aromatic N) is 1. The van der Waals surface area contributed by atoms with Crippen LogP contribution < -0.4 is 14.4 Å². The lowest BCUT2D eigenvalue weighted by atomic mass is 10.1. The molecule has 0 aliphatic carbocycles. The van der Waals surface area contributed by atoms with Crippen molar-refractivity contribution in [3.05, 3.63) is 131 Å². The summed E-state index contributed by atoms with van der Waals surface area (Å²) < 4.78 is 17.6. The fraction of sp³-hybridized carbons (Fsp3) is 0.111. The van der Waals surface area contributed by atoms with Crippen molar-refractivity contribution in [2.75, 3.05) is 18.1 Å². The number of amides is 1. The Balaban J connectivity index is 1.00. The van der Waals surface area contributed by atoms with Crippen LogP contribution in [0.2, 0.25) is 0 Å². The van der Waals surface area contributed by atoms with Crippen molar-refractivity contribution in [1.82, 2.24) is 0 Å². The van der Waals surface area contributed by atoms with Crippen molar-refractivity contribution in [3.63, 3.8) is 0 Å². The van der Waals surface area contributed by atoms with Gasteiger partial charge in [-0.2, -0.15) is 0 Å². The second-order valence-electron chi connectivity index (χ2n) is 10.4. The summed E-state index contributed by atoms with van der Waals surface area (Å²) >= 11 is 3.32. The quantitative estimate of drug-likeness (QED) is 0.0921. The van der Waals surface area contributed by atoms with Crippen LogP contribution in [-0.2, 0) is 14.3 Å². The molecular weight excluding hydrogens is 638 g/mol. The van der Waals surface area contributed by atoms with E-state index >= 15 is 0 Å². The Kier molecular flexibility index (Phi) is 8.70. The molecule has 6 rings (SSSR count). The molecule has 8 nitrogen and oxygen atoms in total. The Labute approximate surface area is 267 Å². The molecule has 0 spiro atoms. The number of ether oxygens (including phenoxy) is 3. The lowest BCUT2D eigenvalue weighted by Gasteiger charge is -2.17. The number of carbonyl (C=O) groups excluding carboxylic acids is 4. The third kappa shape index (κ3) is 6.94. The first-order valence-corrected chi connectivity index (χ1v) is 15.0. The molecule has 0 saturated carbocycles. The predicted octanol–water partition coefficient (Wildman–Crippen LogP) is 7.39. The van der Waals surface area contributed by atoms with Crippen molar-refractivity contribution in [2.45, 2.75) is 6.42 Å². The van der Waals surface area contributed by atoms with Gasteiger partial charge in [0, 0.05) is 34.1 Å². The number of benzene rings is 5. The first-order valence-electron chi connectivity index (χ1n) is 14.2. The summed E-state index contributed by atoms with van der Waals surface area (Å²) in [5.74, 6) is -0.850. The van der Waals surface area contributed by atoms with Crippen molar-refractivity contribution in [1.29, 1.82) is 0 Å². The van der Waals surface area contributed by atoms with E-state index in [1.165, 1.54) is 29.2 Å². The van der Waals surface area contributed by atoms with Crippen LogP contribution in [0.5, 0.6) is 17.2 Å². The highest BCUT2D eigenvalue weighted by Crippen LogP contribution is 2.32. The molecule has 0 radical (unpaired) electrons.